The highest BCUT2D eigenvalue weighted by atomic mass is 16.5. The van der Waals surface area contributed by atoms with Gasteiger partial charge in [-0.05, 0) is 31.9 Å². The molecule has 1 heterocycles. The van der Waals surface area contributed by atoms with Gasteiger partial charge in [-0.2, -0.15) is 0 Å². The van der Waals surface area contributed by atoms with Crippen LogP contribution in [-0.2, 0) is 5.41 Å². The number of aryl methyl sites for hydroxylation is 1. The molecular formula is C16H22N2O. The Balaban J connectivity index is 2.22. The van der Waals surface area contributed by atoms with Crippen LogP contribution in [0.2, 0.25) is 0 Å². The van der Waals surface area contributed by atoms with E-state index in [-0.39, 0.29) is 5.41 Å². The van der Waals surface area contributed by atoms with Gasteiger partial charge in [0.15, 0.2) is 0 Å². The summed E-state index contributed by atoms with van der Waals surface area (Å²) >= 11 is 0. The predicted molar refractivity (Wildman–Crippen MR) is 78.8 cm³/mol. The van der Waals surface area contributed by atoms with E-state index in [1.165, 1.54) is 42.3 Å². The minimum Gasteiger partial charge on any atom is -0.496 e. The maximum absolute atomic E-state index is 6.11. The van der Waals surface area contributed by atoms with Gasteiger partial charge >= 0.3 is 0 Å². The zero-order chi connectivity index (χ0) is 13.5. The van der Waals surface area contributed by atoms with Gasteiger partial charge in [-0.1, -0.05) is 18.9 Å². The van der Waals surface area contributed by atoms with Crippen LogP contribution in [0.15, 0.2) is 18.2 Å². The molecule has 3 heteroatoms. The van der Waals surface area contributed by atoms with Gasteiger partial charge in [0.05, 0.1) is 7.11 Å². The first-order valence-electron chi connectivity index (χ1n) is 7.07. The minimum atomic E-state index is 0.116. The van der Waals surface area contributed by atoms with E-state index in [1.54, 1.807) is 7.11 Å². The molecule has 0 atom stereocenters. The lowest BCUT2D eigenvalue weighted by Gasteiger charge is -2.29. The van der Waals surface area contributed by atoms with Crippen molar-refractivity contribution < 1.29 is 4.74 Å². The second-order valence-corrected chi connectivity index (χ2v) is 5.75. The van der Waals surface area contributed by atoms with Crippen LogP contribution in [0.5, 0.6) is 5.75 Å². The Morgan fingerprint density at radius 2 is 2.05 bits per heavy atom. The lowest BCUT2D eigenvalue weighted by molar-refractivity contribution is 0.382. The molecule has 3 rings (SSSR count). The van der Waals surface area contributed by atoms with E-state index in [0.717, 1.165) is 11.3 Å². The van der Waals surface area contributed by atoms with Crippen LogP contribution in [0.3, 0.4) is 0 Å². The summed E-state index contributed by atoms with van der Waals surface area (Å²) in [6.45, 7) is 2.78. The van der Waals surface area contributed by atoms with E-state index in [2.05, 4.69) is 30.1 Å². The van der Waals surface area contributed by atoms with Crippen LogP contribution < -0.4 is 10.5 Å². The largest absolute Gasteiger partial charge is 0.496 e. The van der Waals surface area contributed by atoms with Crippen molar-refractivity contribution in [2.75, 3.05) is 13.7 Å². The first kappa shape index (κ1) is 12.5. The Kier molecular flexibility index (Phi) is 3.02. The normalized spacial score (nSPS) is 18.1. The molecule has 3 N–H and O–H groups in total. The van der Waals surface area contributed by atoms with Crippen molar-refractivity contribution in [1.29, 1.82) is 0 Å². The number of fused-ring (bicyclic) bond motifs is 1. The highest BCUT2D eigenvalue weighted by molar-refractivity contribution is 5.88. The first-order valence-corrected chi connectivity index (χ1v) is 7.07. The Morgan fingerprint density at radius 3 is 2.68 bits per heavy atom. The van der Waals surface area contributed by atoms with Crippen molar-refractivity contribution in [1.82, 2.24) is 4.98 Å². The van der Waals surface area contributed by atoms with Crippen molar-refractivity contribution >= 4 is 10.9 Å². The third-order valence-electron chi connectivity index (χ3n) is 4.62. The summed E-state index contributed by atoms with van der Waals surface area (Å²) in [7, 11) is 1.76. The Bertz CT molecular complexity index is 594. The molecule has 1 aromatic carbocycles. The third-order valence-corrected chi connectivity index (χ3v) is 4.62. The van der Waals surface area contributed by atoms with E-state index in [0.29, 0.717) is 6.54 Å². The number of aromatic amines is 1. The smallest absolute Gasteiger partial charge is 0.132 e. The number of rotatable bonds is 3. The maximum atomic E-state index is 6.11. The molecule has 1 aromatic heterocycles. The fourth-order valence-electron chi connectivity index (χ4n) is 3.59. The predicted octanol–water partition coefficient (Wildman–Crippen LogP) is 3.26. The van der Waals surface area contributed by atoms with Gasteiger partial charge in [0.25, 0.3) is 0 Å². The molecule has 1 saturated carbocycles. The van der Waals surface area contributed by atoms with Gasteiger partial charge in [0.1, 0.15) is 5.75 Å². The summed E-state index contributed by atoms with van der Waals surface area (Å²) in [5.74, 6) is 1.01. The van der Waals surface area contributed by atoms with Gasteiger partial charge < -0.3 is 15.5 Å². The molecule has 0 amide bonds. The Morgan fingerprint density at radius 1 is 1.32 bits per heavy atom. The van der Waals surface area contributed by atoms with Crippen LogP contribution in [0.1, 0.15) is 36.9 Å². The van der Waals surface area contributed by atoms with Crippen LogP contribution >= 0.6 is 0 Å². The number of methoxy groups -OCH3 is 1. The number of hydrogen-bond donors (Lipinski definition) is 2. The molecule has 0 spiro atoms. The van der Waals surface area contributed by atoms with E-state index in [1.807, 2.05) is 0 Å². The number of aromatic nitrogens is 1. The number of ether oxygens (including phenoxy) is 1. The van der Waals surface area contributed by atoms with Crippen LogP contribution in [0.25, 0.3) is 10.9 Å². The van der Waals surface area contributed by atoms with Gasteiger partial charge in [0.2, 0.25) is 0 Å². The zero-order valence-corrected chi connectivity index (χ0v) is 11.8. The summed E-state index contributed by atoms with van der Waals surface area (Å²) in [6, 6.07) is 6.53. The van der Waals surface area contributed by atoms with Crippen LogP contribution in [0, 0.1) is 6.92 Å². The molecule has 3 nitrogen and oxygen atoms in total. The minimum absolute atomic E-state index is 0.116. The Labute approximate surface area is 114 Å². The Hall–Kier alpha value is -1.48. The van der Waals surface area contributed by atoms with E-state index >= 15 is 0 Å². The highest BCUT2D eigenvalue weighted by Gasteiger charge is 2.37. The van der Waals surface area contributed by atoms with Crippen molar-refractivity contribution in [2.45, 2.75) is 38.0 Å². The molecule has 1 fully saturated rings. The number of nitrogens with two attached hydrogens (primary N) is 1. The molecule has 102 valence electrons. The monoisotopic (exact) mass is 258 g/mol. The zero-order valence-electron chi connectivity index (χ0n) is 11.8. The van der Waals surface area contributed by atoms with Crippen molar-refractivity contribution in [3.05, 3.63) is 29.5 Å². The fourth-order valence-corrected chi connectivity index (χ4v) is 3.59. The second kappa shape index (κ2) is 4.57. The summed E-state index contributed by atoms with van der Waals surface area (Å²) in [6.07, 6.45) is 4.89. The average molecular weight is 258 g/mol. The molecule has 1 aliphatic rings. The quantitative estimate of drug-likeness (QED) is 0.888. The standard InChI is InChI=1S/C16H22N2O/c1-11-9-12-14(18-11)6-5-13(15(12)19-2)16(10-17)7-3-4-8-16/h5-6,9,18H,3-4,7-8,10,17H2,1-2H3. The first-order chi connectivity index (χ1) is 9.20. The number of benzene rings is 1. The van der Waals surface area contributed by atoms with Crippen molar-refractivity contribution in [3.8, 4) is 5.75 Å². The summed E-state index contributed by atoms with van der Waals surface area (Å²) in [4.78, 5) is 3.37. The maximum Gasteiger partial charge on any atom is 0.132 e. The molecular weight excluding hydrogens is 236 g/mol. The molecule has 0 unspecified atom stereocenters. The van der Waals surface area contributed by atoms with Gasteiger partial charge in [-0.15, -0.1) is 0 Å². The van der Waals surface area contributed by atoms with Crippen LogP contribution in [0.4, 0.5) is 0 Å². The molecule has 0 aliphatic heterocycles. The molecule has 19 heavy (non-hydrogen) atoms. The average Bonchev–Trinajstić information content (AvgIpc) is 3.03. The number of nitrogens with one attached hydrogen (secondary N) is 1. The lowest BCUT2D eigenvalue weighted by atomic mass is 9.78. The SMILES string of the molecule is COc1c(C2(CN)CCCC2)ccc2[nH]c(C)cc12. The van der Waals surface area contributed by atoms with Gasteiger partial charge in [-0.3, -0.25) is 0 Å². The van der Waals surface area contributed by atoms with Gasteiger partial charge in [0, 0.05) is 34.1 Å². The third kappa shape index (κ3) is 1.84. The lowest BCUT2D eigenvalue weighted by Crippen LogP contribution is -2.32. The van der Waals surface area contributed by atoms with Crippen molar-refractivity contribution in [3.63, 3.8) is 0 Å². The molecule has 2 aromatic rings. The number of hydrogen-bond acceptors (Lipinski definition) is 2. The summed E-state index contributed by atoms with van der Waals surface area (Å²) in [5, 5.41) is 1.18. The summed E-state index contributed by atoms with van der Waals surface area (Å²) < 4.78 is 5.74. The summed E-state index contributed by atoms with van der Waals surface area (Å²) in [5.41, 5.74) is 9.83. The number of H-pyrrole nitrogens is 1. The van der Waals surface area contributed by atoms with Crippen LogP contribution in [-0.4, -0.2) is 18.6 Å². The topological polar surface area (TPSA) is 51.0 Å². The molecule has 0 saturated heterocycles. The molecule has 1 aliphatic carbocycles. The van der Waals surface area contributed by atoms with Gasteiger partial charge in [-0.25, -0.2) is 0 Å². The van der Waals surface area contributed by atoms with E-state index in [4.69, 9.17) is 10.5 Å². The van der Waals surface area contributed by atoms with E-state index in [9.17, 15) is 0 Å². The van der Waals surface area contributed by atoms with E-state index < -0.39 is 0 Å². The second-order valence-electron chi connectivity index (χ2n) is 5.75. The highest BCUT2D eigenvalue weighted by Crippen LogP contribution is 2.46. The molecule has 0 bridgehead atoms. The fraction of sp³-hybridized carbons (Fsp3) is 0.500. The molecule has 0 radical (unpaired) electrons. The van der Waals surface area contributed by atoms with Crippen molar-refractivity contribution in [2.24, 2.45) is 5.73 Å².